The third kappa shape index (κ3) is 3.57. The Morgan fingerprint density at radius 2 is 2.26 bits per heavy atom. The topological polar surface area (TPSA) is 68.0 Å². The third-order valence-electron chi connectivity index (χ3n) is 2.67. The van der Waals surface area contributed by atoms with E-state index in [1.807, 2.05) is 36.9 Å². The number of carboxylic acids is 1. The smallest absolute Gasteiger partial charge is 0.313 e. The molecule has 0 saturated heterocycles. The van der Waals surface area contributed by atoms with E-state index in [4.69, 9.17) is 5.11 Å². The lowest BCUT2D eigenvalue weighted by atomic mass is 10.1. The third-order valence-corrected chi connectivity index (χ3v) is 3.65. The molecule has 2 rings (SSSR count). The van der Waals surface area contributed by atoms with Gasteiger partial charge in [0.15, 0.2) is 5.16 Å². The molecule has 0 bridgehead atoms. The second-order valence-electron chi connectivity index (χ2n) is 4.28. The zero-order valence-corrected chi connectivity index (χ0v) is 11.6. The van der Waals surface area contributed by atoms with E-state index in [-0.39, 0.29) is 5.75 Å². The highest BCUT2D eigenvalue weighted by atomic mass is 32.2. The van der Waals surface area contributed by atoms with Crippen molar-refractivity contribution in [3.8, 4) is 0 Å². The summed E-state index contributed by atoms with van der Waals surface area (Å²) in [5.41, 5.74) is 3.15. The van der Waals surface area contributed by atoms with E-state index in [1.165, 1.54) is 11.8 Å². The normalized spacial score (nSPS) is 10.6. The van der Waals surface area contributed by atoms with Crippen LogP contribution in [-0.2, 0) is 11.3 Å². The van der Waals surface area contributed by atoms with Gasteiger partial charge in [0.05, 0.1) is 18.0 Å². The number of imidazole rings is 1. The quantitative estimate of drug-likeness (QED) is 0.848. The van der Waals surface area contributed by atoms with Crippen molar-refractivity contribution in [2.45, 2.75) is 25.5 Å². The van der Waals surface area contributed by atoms with Crippen molar-refractivity contribution in [3.05, 3.63) is 41.5 Å². The van der Waals surface area contributed by atoms with Crippen LogP contribution in [-0.4, -0.2) is 31.4 Å². The maximum atomic E-state index is 10.6. The molecule has 2 aromatic heterocycles. The van der Waals surface area contributed by atoms with Gasteiger partial charge in [0.25, 0.3) is 0 Å². The van der Waals surface area contributed by atoms with E-state index in [1.54, 1.807) is 6.20 Å². The molecule has 5 nitrogen and oxygen atoms in total. The number of pyridine rings is 1. The molecule has 0 aliphatic heterocycles. The fourth-order valence-corrected chi connectivity index (χ4v) is 2.47. The highest BCUT2D eigenvalue weighted by Gasteiger charge is 2.10. The van der Waals surface area contributed by atoms with E-state index in [2.05, 4.69) is 9.97 Å². The first-order chi connectivity index (χ1) is 9.06. The van der Waals surface area contributed by atoms with Crippen LogP contribution in [0.1, 0.15) is 16.8 Å². The number of carboxylic acid groups (broad SMARTS) is 1. The van der Waals surface area contributed by atoms with Crippen LogP contribution < -0.4 is 0 Å². The zero-order chi connectivity index (χ0) is 13.8. The molecule has 1 N–H and O–H groups in total. The molecule has 0 fully saturated rings. The van der Waals surface area contributed by atoms with E-state index in [9.17, 15) is 4.79 Å². The molecule has 2 heterocycles. The number of rotatable bonds is 5. The Hall–Kier alpha value is -1.82. The number of thioether (sulfide) groups is 1. The first-order valence-electron chi connectivity index (χ1n) is 5.84. The minimum Gasteiger partial charge on any atom is -0.481 e. The van der Waals surface area contributed by atoms with Gasteiger partial charge in [0.1, 0.15) is 0 Å². The predicted molar refractivity (Wildman–Crippen MR) is 73.4 cm³/mol. The molecule has 0 radical (unpaired) electrons. The summed E-state index contributed by atoms with van der Waals surface area (Å²) in [7, 11) is 0. The fourth-order valence-electron chi connectivity index (χ4n) is 1.73. The van der Waals surface area contributed by atoms with E-state index in [0.717, 1.165) is 22.0 Å². The summed E-state index contributed by atoms with van der Waals surface area (Å²) in [4.78, 5) is 19.1. The standard InChI is InChI=1S/C13H15N3O2S/c1-9-3-4-14-5-11(9)7-16-6-10(2)15-13(16)19-8-12(17)18/h3-6H,7-8H2,1-2H3,(H,17,18). The Kier molecular flexibility index (Phi) is 4.21. The van der Waals surface area contributed by atoms with Crippen molar-refractivity contribution in [2.75, 3.05) is 5.75 Å². The number of nitrogens with zero attached hydrogens (tertiary/aromatic N) is 3. The number of hydrogen-bond acceptors (Lipinski definition) is 4. The van der Waals surface area contributed by atoms with Gasteiger partial charge >= 0.3 is 5.97 Å². The average Bonchev–Trinajstić information content (AvgIpc) is 2.70. The van der Waals surface area contributed by atoms with Crippen molar-refractivity contribution < 1.29 is 9.90 Å². The van der Waals surface area contributed by atoms with Crippen molar-refractivity contribution in [2.24, 2.45) is 0 Å². The average molecular weight is 277 g/mol. The number of aryl methyl sites for hydroxylation is 2. The van der Waals surface area contributed by atoms with Gasteiger partial charge in [0, 0.05) is 18.6 Å². The van der Waals surface area contributed by atoms with E-state index in [0.29, 0.717) is 6.54 Å². The highest BCUT2D eigenvalue weighted by Crippen LogP contribution is 2.19. The van der Waals surface area contributed by atoms with Gasteiger partial charge in [-0.2, -0.15) is 0 Å². The molecule has 0 aliphatic rings. The molecule has 2 aromatic rings. The molecular weight excluding hydrogens is 262 g/mol. The lowest BCUT2D eigenvalue weighted by Crippen LogP contribution is -2.05. The molecular formula is C13H15N3O2S. The maximum absolute atomic E-state index is 10.6. The minimum absolute atomic E-state index is 0.0163. The highest BCUT2D eigenvalue weighted by molar-refractivity contribution is 7.99. The van der Waals surface area contributed by atoms with Crippen molar-refractivity contribution in [1.29, 1.82) is 0 Å². The zero-order valence-electron chi connectivity index (χ0n) is 10.8. The van der Waals surface area contributed by atoms with Gasteiger partial charge in [-0.25, -0.2) is 4.98 Å². The van der Waals surface area contributed by atoms with Gasteiger partial charge in [-0.15, -0.1) is 0 Å². The van der Waals surface area contributed by atoms with Crippen molar-refractivity contribution in [1.82, 2.24) is 14.5 Å². The van der Waals surface area contributed by atoms with Gasteiger partial charge in [-0.05, 0) is 31.0 Å². The molecule has 0 spiro atoms. The number of aromatic nitrogens is 3. The monoisotopic (exact) mass is 277 g/mol. The molecule has 0 saturated carbocycles. The molecule has 100 valence electrons. The molecule has 0 aliphatic carbocycles. The largest absolute Gasteiger partial charge is 0.481 e. The number of carbonyl (C=O) groups is 1. The lowest BCUT2D eigenvalue weighted by Gasteiger charge is -2.08. The van der Waals surface area contributed by atoms with Crippen LogP contribution in [0.4, 0.5) is 0 Å². The SMILES string of the molecule is Cc1cn(Cc2cnccc2C)c(SCC(=O)O)n1. The molecule has 0 atom stereocenters. The lowest BCUT2D eigenvalue weighted by molar-refractivity contribution is -0.133. The number of aliphatic carboxylic acids is 1. The van der Waals surface area contributed by atoms with Crippen LogP contribution in [0.2, 0.25) is 0 Å². The summed E-state index contributed by atoms with van der Waals surface area (Å²) in [6.45, 7) is 4.59. The van der Waals surface area contributed by atoms with Crippen LogP contribution in [0.3, 0.4) is 0 Å². The molecule has 19 heavy (non-hydrogen) atoms. The summed E-state index contributed by atoms with van der Waals surface area (Å²) >= 11 is 1.23. The van der Waals surface area contributed by atoms with Crippen LogP contribution in [0.15, 0.2) is 29.8 Å². The van der Waals surface area contributed by atoms with Gasteiger partial charge in [-0.1, -0.05) is 11.8 Å². The molecule has 0 unspecified atom stereocenters. The van der Waals surface area contributed by atoms with Crippen LogP contribution in [0.25, 0.3) is 0 Å². The predicted octanol–water partition coefficient (Wildman–Crippen LogP) is 2.12. The Morgan fingerprint density at radius 1 is 1.47 bits per heavy atom. The molecule has 0 amide bonds. The Balaban J connectivity index is 2.20. The van der Waals surface area contributed by atoms with Crippen molar-refractivity contribution >= 4 is 17.7 Å². The van der Waals surface area contributed by atoms with Gasteiger partial charge in [-0.3, -0.25) is 9.78 Å². The second-order valence-corrected chi connectivity index (χ2v) is 5.22. The van der Waals surface area contributed by atoms with Gasteiger partial charge < -0.3 is 9.67 Å². The summed E-state index contributed by atoms with van der Waals surface area (Å²) < 4.78 is 1.97. The first-order valence-corrected chi connectivity index (χ1v) is 6.82. The summed E-state index contributed by atoms with van der Waals surface area (Å²) in [6.07, 6.45) is 5.52. The first kappa shape index (κ1) is 13.6. The molecule has 0 aromatic carbocycles. The number of hydrogen-bond donors (Lipinski definition) is 1. The fraction of sp³-hybridized carbons (Fsp3) is 0.308. The van der Waals surface area contributed by atoms with Crippen LogP contribution >= 0.6 is 11.8 Å². The minimum atomic E-state index is -0.838. The Morgan fingerprint density at radius 3 is 2.95 bits per heavy atom. The summed E-state index contributed by atoms with van der Waals surface area (Å²) in [6, 6.07) is 1.96. The summed E-state index contributed by atoms with van der Waals surface area (Å²) in [5.74, 6) is -0.822. The van der Waals surface area contributed by atoms with E-state index < -0.39 is 5.97 Å². The second kappa shape index (κ2) is 5.88. The molecule has 6 heteroatoms. The Bertz CT molecular complexity index is 595. The van der Waals surface area contributed by atoms with Crippen molar-refractivity contribution in [3.63, 3.8) is 0 Å². The van der Waals surface area contributed by atoms with E-state index >= 15 is 0 Å². The van der Waals surface area contributed by atoms with Gasteiger partial charge in [0.2, 0.25) is 0 Å². The Labute approximate surface area is 115 Å². The van der Waals surface area contributed by atoms with Crippen LogP contribution in [0.5, 0.6) is 0 Å². The summed E-state index contributed by atoms with van der Waals surface area (Å²) in [5, 5.41) is 9.46. The van der Waals surface area contributed by atoms with Crippen LogP contribution in [0, 0.1) is 13.8 Å². The maximum Gasteiger partial charge on any atom is 0.313 e.